The molecule has 3 nitrogen and oxygen atoms in total. The average Bonchev–Trinajstić information content (AvgIpc) is 2.60. The molecule has 0 spiro atoms. The summed E-state index contributed by atoms with van der Waals surface area (Å²) in [6, 6.07) is 5.55. The van der Waals surface area contributed by atoms with Crippen LogP contribution in [-0.2, 0) is 0 Å². The van der Waals surface area contributed by atoms with E-state index in [-0.39, 0.29) is 4.88 Å². The number of aromatic carboxylic acids is 1. The van der Waals surface area contributed by atoms with E-state index in [1.165, 1.54) is 11.3 Å². The molecule has 0 radical (unpaired) electrons. The number of nitrogens with two attached hydrogens (primary N) is 1. The van der Waals surface area contributed by atoms with E-state index < -0.39 is 5.97 Å². The number of halogens is 1. The molecule has 1 aromatic carbocycles. The molecule has 0 aliphatic rings. The molecular formula is C13H12ClNO2S. The van der Waals surface area contributed by atoms with Crippen LogP contribution in [-0.4, -0.2) is 11.1 Å². The van der Waals surface area contributed by atoms with Gasteiger partial charge in [-0.1, -0.05) is 17.7 Å². The molecule has 0 saturated heterocycles. The Morgan fingerprint density at radius 1 is 1.39 bits per heavy atom. The van der Waals surface area contributed by atoms with Crippen LogP contribution in [0.25, 0.3) is 10.4 Å². The first-order valence-electron chi connectivity index (χ1n) is 5.30. The number of carboxylic acid groups (broad SMARTS) is 1. The minimum atomic E-state index is -0.994. The Morgan fingerprint density at radius 2 is 2.06 bits per heavy atom. The largest absolute Gasteiger partial charge is 0.477 e. The van der Waals surface area contributed by atoms with Gasteiger partial charge in [0.05, 0.1) is 5.69 Å². The van der Waals surface area contributed by atoms with Gasteiger partial charge in [-0.25, -0.2) is 4.79 Å². The topological polar surface area (TPSA) is 63.3 Å². The number of aryl methyl sites for hydroxylation is 1. The van der Waals surface area contributed by atoms with Crippen LogP contribution in [0.3, 0.4) is 0 Å². The van der Waals surface area contributed by atoms with E-state index >= 15 is 0 Å². The van der Waals surface area contributed by atoms with Gasteiger partial charge in [-0.15, -0.1) is 11.3 Å². The third kappa shape index (κ3) is 2.09. The van der Waals surface area contributed by atoms with Crippen LogP contribution in [0.15, 0.2) is 18.2 Å². The lowest BCUT2D eigenvalue weighted by Gasteiger charge is -2.05. The van der Waals surface area contributed by atoms with E-state index in [1.807, 2.05) is 32.0 Å². The molecule has 0 amide bonds. The summed E-state index contributed by atoms with van der Waals surface area (Å²) in [4.78, 5) is 12.1. The molecule has 94 valence electrons. The highest BCUT2D eigenvalue weighted by atomic mass is 35.5. The zero-order valence-corrected chi connectivity index (χ0v) is 11.5. The van der Waals surface area contributed by atoms with Gasteiger partial charge >= 0.3 is 5.97 Å². The van der Waals surface area contributed by atoms with Crippen molar-refractivity contribution in [2.45, 2.75) is 13.8 Å². The Bertz CT molecular complexity index is 634. The molecule has 2 rings (SSSR count). The number of hydrogen-bond acceptors (Lipinski definition) is 3. The average molecular weight is 282 g/mol. The predicted molar refractivity (Wildman–Crippen MR) is 75.6 cm³/mol. The Labute approximate surface area is 114 Å². The van der Waals surface area contributed by atoms with Crippen molar-refractivity contribution in [3.05, 3.63) is 39.2 Å². The van der Waals surface area contributed by atoms with Crippen LogP contribution >= 0.6 is 22.9 Å². The van der Waals surface area contributed by atoms with E-state index in [9.17, 15) is 4.79 Å². The second-order valence-corrected chi connectivity index (χ2v) is 5.52. The summed E-state index contributed by atoms with van der Waals surface area (Å²) in [5.74, 6) is -0.994. The summed E-state index contributed by atoms with van der Waals surface area (Å²) in [7, 11) is 0. The molecule has 0 aliphatic carbocycles. The normalized spacial score (nSPS) is 10.6. The molecule has 18 heavy (non-hydrogen) atoms. The van der Waals surface area contributed by atoms with Crippen molar-refractivity contribution in [3.8, 4) is 10.4 Å². The van der Waals surface area contributed by atoms with E-state index in [4.69, 9.17) is 22.4 Å². The van der Waals surface area contributed by atoms with Gasteiger partial charge in [-0.2, -0.15) is 0 Å². The SMILES string of the molecule is Cc1ccc(Cl)cc1-c1sc(C(=O)O)c(N)c1C. The maximum atomic E-state index is 11.1. The molecule has 0 aliphatic heterocycles. The van der Waals surface area contributed by atoms with Crippen LogP contribution < -0.4 is 5.73 Å². The van der Waals surface area contributed by atoms with E-state index in [2.05, 4.69) is 0 Å². The van der Waals surface area contributed by atoms with Crippen LogP contribution in [0.2, 0.25) is 5.02 Å². The molecule has 2 aromatic rings. The second-order valence-electron chi connectivity index (χ2n) is 4.06. The van der Waals surface area contributed by atoms with Crippen molar-refractivity contribution in [1.82, 2.24) is 0 Å². The third-order valence-corrected chi connectivity index (χ3v) is 4.40. The maximum Gasteiger partial charge on any atom is 0.348 e. The molecular weight excluding hydrogens is 270 g/mol. The van der Waals surface area contributed by atoms with Crippen molar-refractivity contribution >= 4 is 34.6 Å². The number of carboxylic acids is 1. The standard InChI is InChI=1S/C13H12ClNO2S/c1-6-3-4-8(14)5-9(6)11-7(2)10(15)12(18-11)13(16)17/h3-5H,15H2,1-2H3,(H,16,17). The highest BCUT2D eigenvalue weighted by molar-refractivity contribution is 7.18. The van der Waals surface area contributed by atoms with Gasteiger partial charge < -0.3 is 10.8 Å². The van der Waals surface area contributed by atoms with Gasteiger partial charge in [0.15, 0.2) is 0 Å². The fourth-order valence-corrected chi connectivity index (χ4v) is 3.10. The van der Waals surface area contributed by atoms with Crippen LogP contribution in [0.1, 0.15) is 20.8 Å². The summed E-state index contributed by atoms with van der Waals surface area (Å²) >= 11 is 7.17. The molecule has 0 bridgehead atoms. The van der Waals surface area contributed by atoms with Gasteiger partial charge in [-0.05, 0) is 42.7 Å². The first-order chi connectivity index (χ1) is 8.41. The summed E-state index contributed by atoms with van der Waals surface area (Å²) < 4.78 is 0. The predicted octanol–water partition coefficient (Wildman–Crippen LogP) is 3.97. The molecule has 0 atom stereocenters. The summed E-state index contributed by atoms with van der Waals surface area (Å²) in [5, 5.41) is 9.70. The smallest absolute Gasteiger partial charge is 0.348 e. The zero-order chi connectivity index (χ0) is 13.4. The van der Waals surface area contributed by atoms with Crippen molar-refractivity contribution in [2.75, 3.05) is 5.73 Å². The quantitative estimate of drug-likeness (QED) is 0.875. The molecule has 0 unspecified atom stereocenters. The first kappa shape index (κ1) is 12.9. The lowest BCUT2D eigenvalue weighted by Crippen LogP contribution is -1.97. The number of nitrogen functional groups attached to an aromatic ring is 1. The fourth-order valence-electron chi connectivity index (χ4n) is 1.78. The molecule has 1 heterocycles. The highest BCUT2D eigenvalue weighted by Gasteiger charge is 2.19. The molecule has 0 saturated carbocycles. The number of rotatable bonds is 2. The molecule has 3 N–H and O–H groups in total. The first-order valence-corrected chi connectivity index (χ1v) is 6.50. The lowest BCUT2D eigenvalue weighted by atomic mass is 10.0. The Kier molecular flexibility index (Phi) is 3.32. The second kappa shape index (κ2) is 4.63. The van der Waals surface area contributed by atoms with Crippen molar-refractivity contribution in [3.63, 3.8) is 0 Å². The van der Waals surface area contributed by atoms with Gasteiger partial charge in [0, 0.05) is 9.90 Å². The zero-order valence-electron chi connectivity index (χ0n) is 9.95. The Balaban J connectivity index is 2.68. The van der Waals surface area contributed by atoms with Crippen molar-refractivity contribution in [2.24, 2.45) is 0 Å². The van der Waals surface area contributed by atoms with E-state index in [0.29, 0.717) is 10.7 Å². The number of carbonyl (C=O) groups is 1. The lowest BCUT2D eigenvalue weighted by molar-refractivity contribution is 0.0703. The maximum absolute atomic E-state index is 11.1. The molecule has 0 fully saturated rings. The summed E-state index contributed by atoms with van der Waals surface area (Å²) in [6.45, 7) is 3.79. The van der Waals surface area contributed by atoms with Crippen LogP contribution in [0.4, 0.5) is 5.69 Å². The monoisotopic (exact) mass is 281 g/mol. The minimum absolute atomic E-state index is 0.182. The number of anilines is 1. The van der Waals surface area contributed by atoms with Gasteiger partial charge in [0.25, 0.3) is 0 Å². The van der Waals surface area contributed by atoms with Crippen molar-refractivity contribution in [1.29, 1.82) is 0 Å². The van der Waals surface area contributed by atoms with E-state index in [0.717, 1.165) is 21.6 Å². The number of thiophene rings is 1. The highest BCUT2D eigenvalue weighted by Crippen LogP contribution is 2.40. The Hall–Kier alpha value is -1.52. The van der Waals surface area contributed by atoms with Crippen molar-refractivity contribution < 1.29 is 9.90 Å². The Morgan fingerprint density at radius 3 is 2.61 bits per heavy atom. The van der Waals surface area contributed by atoms with Crippen LogP contribution in [0, 0.1) is 13.8 Å². The fraction of sp³-hybridized carbons (Fsp3) is 0.154. The molecule has 1 aromatic heterocycles. The van der Waals surface area contributed by atoms with Gasteiger partial charge in [0.1, 0.15) is 4.88 Å². The number of hydrogen-bond donors (Lipinski definition) is 2. The minimum Gasteiger partial charge on any atom is -0.477 e. The van der Waals surface area contributed by atoms with Gasteiger partial charge in [-0.3, -0.25) is 0 Å². The molecule has 5 heteroatoms. The third-order valence-electron chi connectivity index (χ3n) is 2.83. The summed E-state index contributed by atoms with van der Waals surface area (Å²) in [5.41, 5.74) is 8.93. The van der Waals surface area contributed by atoms with E-state index in [1.54, 1.807) is 0 Å². The van der Waals surface area contributed by atoms with Gasteiger partial charge in [0.2, 0.25) is 0 Å². The van der Waals surface area contributed by atoms with Crippen LogP contribution in [0.5, 0.6) is 0 Å². The summed E-state index contributed by atoms with van der Waals surface area (Å²) in [6.07, 6.45) is 0. The number of benzene rings is 1.